The SMILES string of the molecule is CC(C)(C)OC(=O)COc1cc(C(=O)O)c([O-])cc1F. The van der Waals surface area contributed by atoms with E-state index in [4.69, 9.17) is 14.6 Å². The van der Waals surface area contributed by atoms with E-state index >= 15 is 0 Å². The molecule has 0 bridgehead atoms. The van der Waals surface area contributed by atoms with Gasteiger partial charge in [0.15, 0.2) is 18.2 Å². The van der Waals surface area contributed by atoms with Gasteiger partial charge in [-0.25, -0.2) is 14.0 Å². The first-order valence-electron chi connectivity index (χ1n) is 5.68. The lowest BCUT2D eigenvalue weighted by Crippen LogP contribution is -2.27. The highest BCUT2D eigenvalue weighted by Gasteiger charge is 2.18. The van der Waals surface area contributed by atoms with Crippen LogP contribution < -0.4 is 9.84 Å². The van der Waals surface area contributed by atoms with Crippen molar-refractivity contribution in [2.45, 2.75) is 26.4 Å². The summed E-state index contributed by atoms with van der Waals surface area (Å²) in [5.41, 5.74) is -1.35. The first-order chi connectivity index (χ1) is 9.10. The van der Waals surface area contributed by atoms with E-state index < -0.39 is 47.0 Å². The molecule has 0 aromatic heterocycles. The number of ether oxygens (including phenoxy) is 2. The van der Waals surface area contributed by atoms with E-state index in [-0.39, 0.29) is 0 Å². The van der Waals surface area contributed by atoms with E-state index in [0.717, 1.165) is 6.07 Å². The predicted octanol–water partition coefficient (Wildman–Crippen LogP) is 1.32. The molecule has 0 radical (unpaired) electrons. The zero-order chi connectivity index (χ0) is 15.5. The molecule has 0 unspecified atom stereocenters. The molecule has 20 heavy (non-hydrogen) atoms. The Morgan fingerprint density at radius 3 is 2.45 bits per heavy atom. The average molecular weight is 285 g/mol. The minimum Gasteiger partial charge on any atom is -0.872 e. The quantitative estimate of drug-likeness (QED) is 0.838. The fourth-order valence-electron chi connectivity index (χ4n) is 1.32. The molecule has 0 aliphatic heterocycles. The monoisotopic (exact) mass is 285 g/mol. The lowest BCUT2D eigenvalue weighted by atomic mass is 10.2. The molecule has 0 amide bonds. The predicted molar refractivity (Wildman–Crippen MR) is 64.1 cm³/mol. The Morgan fingerprint density at radius 1 is 1.35 bits per heavy atom. The fraction of sp³-hybridized carbons (Fsp3) is 0.385. The summed E-state index contributed by atoms with van der Waals surface area (Å²) >= 11 is 0. The Labute approximate surface area is 114 Å². The number of halogens is 1. The molecule has 1 rings (SSSR count). The molecule has 7 heteroatoms. The third-order valence-corrected chi connectivity index (χ3v) is 2.03. The Hall–Kier alpha value is -2.31. The third-order valence-electron chi connectivity index (χ3n) is 2.03. The Balaban J connectivity index is 2.81. The number of carbonyl (C=O) groups excluding carboxylic acids is 1. The molecular weight excluding hydrogens is 271 g/mol. The topological polar surface area (TPSA) is 95.9 Å². The smallest absolute Gasteiger partial charge is 0.344 e. The fourth-order valence-corrected chi connectivity index (χ4v) is 1.32. The molecule has 0 heterocycles. The molecule has 0 saturated carbocycles. The third kappa shape index (κ3) is 4.42. The summed E-state index contributed by atoms with van der Waals surface area (Å²) in [4.78, 5) is 22.1. The molecule has 0 spiro atoms. The zero-order valence-electron chi connectivity index (χ0n) is 11.2. The van der Waals surface area contributed by atoms with Gasteiger partial charge < -0.3 is 19.7 Å². The number of aromatic carboxylic acids is 1. The van der Waals surface area contributed by atoms with E-state index in [9.17, 15) is 19.1 Å². The minimum atomic E-state index is -1.50. The second-order valence-electron chi connectivity index (χ2n) is 4.96. The van der Waals surface area contributed by atoms with Crippen LogP contribution in [-0.2, 0) is 9.53 Å². The molecule has 1 aromatic rings. The summed E-state index contributed by atoms with van der Waals surface area (Å²) in [6.07, 6.45) is 0. The molecule has 6 nitrogen and oxygen atoms in total. The van der Waals surface area contributed by atoms with Crippen molar-refractivity contribution in [2.24, 2.45) is 0 Å². The minimum absolute atomic E-state index is 0.493. The number of hydrogen-bond acceptors (Lipinski definition) is 5. The molecular formula is C13H14FO6-. The Bertz CT molecular complexity index is 532. The maximum absolute atomic E-state index is 13.4. The average Bonchev–Trinajstić information content (AvgIpc) is 2.24. The number of hydrogen-bond donors (Lipinski definition) is 1. The summed E-state index contributed by atoms with van der Waals surface area (Å²) < 4.78 is 23.2. The maximum Gasteiger partial charge on any atom is 0.344 e. The van der Waals surface area contributed by atoms with Crippen LogP contribution in [0.2, 0.25) is 0 Å². The summed E-state index contributed by atoms with van der Waals surface area (Å²) in [7, 11) is 0. The lowest BCUT2D eigenvalue weighted by molar-refractivity contribution is -0.269. The highest BCUT2D eigenvalue weighted by molar-refractivity contribution is 5.91. The second-order valence-corrected chi connectivity index (χ2v) is 4.96. The van der Waals surface area contributed by atoms with E-state index in [1.807, 2.05) is 0 Å². The number of esters is 1. The van der Waals surface area contributed by atoms with Gasteiger partial charge in [-0.1, -0.05) is 5.75 Å². The normalized spacial score (nSPS) is 11.0. The maximum atomic E-state index is 13.4. The van der Waals surface area contributed by atoms with Crippen molar-refractivity contribution < 1.29 is 33.7 Å². The Morgan fingerprint density at radius 2 is 1.95 bits per heavy atom. The van der Waals surface area contributed by atoms with Crippen molar-refractivity contribution in [3.05, 3.63) is 23.5 Å². The molecule has 1 N–H and O–H groups in total. The van der Waals surface area contributed by atoms with Crippen LogP contribution in [0.25, 0.3) is 0 Å². The van der Waals surface area contributed by atoms with Crippen molar-refractivity contribution in [3.8, 4) is 11.5 Å². The van der Waals surface area contributed by atoms with Gasteiger partial charge in [-0.05, 0) is 32.9 Å². The standard InChI is InChI=1S/C13H15FO6/c1-13(2,3)20-11(16)6-19-10-4-7(12(17)18)9(15)5-8(10)14/h4-5,15H,6H2,1-3H3,(H,17,18)/p-1. The molecule has 1 aromatic carbocycles. The van der Waals surface area contributed by atoms with E-state index in [0.29, 0.717) is 6.07 Å². The van der Waals surface area contributed by atoms with Crippen LogP contribution in [0.4, 0.5) is 4.39 Å². The lowest BCUT2D eigenvalue weighted by Gasteiger charge is -2.20. The molecule has 0 aliphatic rings. The molecule has 0 aliphatic carbocycles. The number of carbonyl (C=O) groups is 2. The zero-order valence-corrected chi connectivity index (χ0v) is 11.2. The van der Waals surface area contributed by atoms with Crippen LogP contribution in [0.15, 0.2) is 12.1 Å². The second kappa shape index (κ2) is 5.77. The number of rotatable bonds is 4. The van der Waals surface area contributed by atoms with Crippen LogP contribution >= 0.6 is 0 Å². The van der Waals surface area contributed by atoms with Gasteiger partial charge in [-0.2, -0.15) is 0 Å². The van der Waals surface area contributed by atoms with Crippen molar-refractivity contribution in [2.75, 3.05) is 6.61 Å². The molecule has 0 fully saturated rings. The van der Waals surface area contributed by atoms with Crippen molar-refractivity contribution in [3.63, 3.8) is 0 Å². The van der Waals surface area contributed by atoms with Gasteiger partial charge in [-0.15, -0.1) is 0 Å². The van der Waals surface area contributed by atoms with Gasteiger partial charge in [-0.3, -0.25) is 0 Å². The summed E-state index contributed by atoms with van der Waals surface area (Å²) in [6.45, 7) is 4.37. The molecule has 0 saturated heterocycles. The number of carboxylic acid groups (broad SMARTS) is 1. The van der Waals surface area contributed by atoms with E-state index in [1.54, 1.807) is 20.8 Å². The first kappa shape index (κ1) is 15.7. The Kier molecular flexibility index (Phi) is 4.54. The summed E-state index contributed by atoms with van der Waals surface area (Å²) in [6, 6.07) is 1.23. The molecule has 0 atom stereocenters. The largest absolute Gasteiger partial charge is 0.872 e. The number of carboxylic acids is 1. The first-order valence-corrected chi connectivity index (χ1v) is 5.68. The van der Waals surface area contributed by atoms with Gasteiger partial charge in [0.2, 0.25) is 0 Å². The van der Waals surface area contributed by atoms with Gasteiger partial charge in [0, 0.05) is 0 Å². The van der Waals surface area contributed by atoms with Crippen LogP contribution in [-0.4, -0.2) is 29.3 Å². The van der Waals surface area contributed by atoms with Crippen molar-refractivity contribution in [1.29, 1.82) is 0 Å². The van der Waals surface area contributed by atoms with Gasteiger partial charge in [0.25, 0.3) is 0 Å². The summed E-state index contributed by atoms with van der Waals surface area (Å²) in [5.74, 6) is -4.74. The van der Waals surface area contributed by atoms with Crippen LogP contribution in [0.5, 0.6) is 11.5 Å². The van der Waals surface area contributed by atoms with Crippen LogP contribution in [0, 0.1) is 5.82 Å². The number of benzene rings is 1. The van der Waals surface area contributed by atoms with Gasteiger partial charge >= 0.3 is 11.9 Å². The summed E-state index contributed by atoms with van der Waals surface area (Å²) in [5, 5.41) is 19.9. The highest BCUT2D eigenvalue weighted by atomic mass is 19.1. The molecule has 110 valence electrons. The van der Waals surface area contributed by atoms with Gasteiger partial charge in [0.05, 0.1) is 5.56 Å². The van der Waals surface area contributed by atoms with E-state index in [1.165, 1.54) is 0 Å². The van der Waals surface area contributed by atoms with Crippen molar-refractivity contribution in [1.82, 2.24) is 0 Å². The van der Waals surface area contributed by atoms with Crippen LogP contribution in [0.3, 0.4) is 0 Å². The highest BCUT2D eigenvalue weighted by Crippen LogP contribution is 2.25. The van der Waals surface area contributed by atoms with Crippen molar-refractivity contribution >= 4 is 11.9 Å². The van der Waals surface area contributed by atoms with Gasteiger partial charge in [0.1, 0.15) is 5.60 Å². The van der Waals surface area contributed by atoms with Crippen LogP contribution in [0.1, 0.15) is 31.1 Å². The van der Waals surface area contributed by atoms with E-state index in [2.05, 4.69) is 0 Å².